The van der Waals surface area contributed by atoms with Crippen molar-refractivity contribution in [3.8, 4) is 0 Å². The maximum atomic E-state index is 12.7. The molecule has 0 aromatic carbocycles. The average molecular weight is 281 g/mol. The molecule has 6 nitrogen and oxygen atoms in total. The highest BCUT2D eigenvalue weighted by Gasteiger charge is 2.20. The number of aliphatic hydroxyl groups is 1. The Kier molecular flexibility index (Phi) is 3.31. The van der Waals surface area contributed by atoms with Gasteiger partial charge in [-0.2, -0.15) is 4.52 Å². The Labute approximate surface area is 113 Å². The molecule has 0 spiro atoms. The van der Waals surface area contributed by atoms with Crippen LogP contribution < -0.4 is 5.32 Å². The summed E-state index contributed by atoms with van der Waals surface area (Å²) in [5.41, 5.74) is 0.279. The zero-order valence-corrected chi connectivity index (χ0v) is 10.4. The molecule has 0 amide bonds. The topological polar surface area (TPSA) is 75.3 Å². The van der Waals surface area contributed by atoms with Crippen LogP contribution in [0.1, 0.15) is 18.7 Å². The van der Waals surface area contributed by atoms with Crippen LogP contribution in [-0.2, 0) is 0 Å². The molecule has 2 aromatic rings. The monoisotopic (exact) mass is 281 g/mol. The molecule has 2 N–H and O–H groups in total. The van der Waals surface area contributed by atoms with Gasteiger partial charge in [-0.15, -0.1) is 15.3 Å². The predicted octanol–water partition coefficient (Wildman–Crippen LogP) is 1.41. The van der Waals surface area contributed by atoms with Crippen LogP contribution in [0, 0.1) is 5.92 Å². The minimum absolute atomic E-state index is 0.0311. The summed E-state index contributed by atoms with van der Waals surface area (Å²) < 4.78 is 26.5. The van der Waals surface area contributed by atoms with Gasteiger partial charge < -0.3 is 10.4 Å². The summed E-state index contributed by atoms with van der Waals surface area (Å²) in [6.07, 6.45) is 1.89. The van der Waals surface area contributed by atoms with E-state index in [0.717, 1.165) is 10.9 Å². The number of hydrogen-bond acceptors (Lipinski definition) is 5. The second-order valence-electron chi connectivity index (χ2n) is 4.66. The zero-order chi connectivity index (χ0) is 14.1. The Bertz CT molecular complexity index is 642. The summed E-state index contributed by atoms with van der Waals surface area (Å²) in [6, 6.07) is 3.28. The largest absolute Gasteiger partial charge is 0.396 e. The summed E-state index contributed by atoms with van der Waals surface area (Å²) in [5, 5.41) is 23.3. The van der Waals surface area contributed by atoms with Gasteiger partial charge in [0.2, 0.25) is 5.82 Å². The van der Waals surface area contributed by atoms with Gasteiger partial charge in [0, 0.05) is 18.6 Å². The third kappa shape index (κ3) is 2.34. The van der Waals surface area contributed by atoms with E-state index in [-0.39, 0.29) is 24.2 Å². The minimum Gasteiger partial charge on any atom is -0.396 e. The molecule has 2 heterocycles. The maximum absolute atomic E-state index is 12.7. The number of aliphatic hydroxyl groups excluding tert-OH is 1. The van der Waals surface area contributed by atoms with Gasteiger partial charge >= 0.3 is 0 Å². The van der Waals surface area contributed by atoms with Crippen molar-refractivity contribution in [3.63, 3.8) is 0 Å². The fraction of sp³-hybridized carbons (Fsp3) is 0.417. The molecule has 0 aliphatic heterocycles. The zero-order valence-electron chi connectivity index (χ0n) is 10.4. The van der Waals surface area contributed by atoms with Crippen LogP contribution in [-0.4, -0.2) is 37.6 Å². The molecule has 1 aliphatic carbocycles. The van der Waals surface area contributed by atoms with Crippen molar-refractivity contribution in [2.75, 3.05) is 11.9 Å². The summed E-state index contributed by atoms with van der Waals surface area (Å²) in [5.74, 6) is 0.119. The van der Waals surface area contributed by atoms with E-state index in [1.807, 2.05) is 12.2 Å². The van der Waals surface area contributed by atoms with Gasteiger partial charge in [0.05, 0.1) is 0 Å². The van der Waals surface area contributed by atoms with E-state index in [4.69, 9.17) is 5.11 Å². The van der Waals surface area contributed by atoms with E-state index < -0.39 is 12.2 Å². The van der Waals surface area contributed by atoms with Crippen molar-refractivity contribution in [1.82, 2.24) is 19.8 Å². The maximum Gasteiger partial charge on any atom is 0.299 e. The molecule has 0 saturated carbocycles. The molecule has 0 fully saturated rings. The number of nitrogens with one attached hydrogen (secondary N) is 1. The van der Waals surface area contributed by atoms with Crippen molar-refractivity contribution in [2.45, 2.75) is 18.9 Å². The Morgan fingerprint density at radius 3 is 2.90 bits per heavy atom. The summed E-state index contributed by atoms with van der Waals surface area (Å²) in [6.45, 7) is 0.0993. The van der Waals surface area contributed by atoms with Crippen molar-refractivity contribution < 1.29 is 13.9 Å². The van der Waals surface area contributed by atoms with E-state index >= 15 is 0 Å². The molecule has 3 rings (SSSR count). The molecule has 8 heteroatoms. The SMILES string of the molecule is OC[C@H]1C=C[C@@H](Nc2ccc3nnc(C(F)F)n3n2)C1. The predicted molar refractivity (Wildman–Crippen MR) is 67.5 cm³/mol. The molecule has 0 radical (unpaired) electrons. The van der Waals surface area contributed by atoms with Crippen molar-refractivity contribution in [1.29, 1.82) is 0 Å². The summed E-state index contributed by atoms with van der Waals surface area (Å²) in [7, 11) is 0. The molecular weight excluding hydrogens is 268 g/mol. The van der Waals surface area contributed by atoms with Crippen molar-refractivity contribution in [3.05, 3.63) is 30.1 Å². The van der Waals surface area contributed by atoms with E-state index in [1.165, 1.54) is 0 Å². The second-order valence-corrected chi connectivity index (χ2v) is 4.66. The fourth-order valence-corrected chi connectivity index (χ4v) is 2.23. The van der Waals surface area contributed by atoms with Gasteiger partial charge in [0.15, 0.2) is 5.65 Å². The molecule has 106 valence electrons. The number of rotatable bonds is 4. The first kappa shape index (κ1) is 12.9. The van der Waals surface area contributed by atoms with Crippen molar-refractivity contribution in [2.24, 2.45) is 5.92 Å². The number of fused-ring (bicyclic) bond motifs is 1. The van der Waals surface area contributed by atoms with E-state index in [0.29, 0.717) is 5.82 Å². The molecule has 1 aliphatic rings. The quantitative estimate of drug-likeness (QED) is 0.829. The van der Waals surface area contributed by atoms with Crippen LogP contribution in [0.4, 0.5) is 14.6 Å². The molecule has 2 atom stereocenters. The lowest BCUT2D eigenvalue weighted by Gasteiger charge is -2.13. The Morgan fingerprint density at radius 1 is 1.35 bits per heavy atom. The van der Waals surface area contributed by atoms with Crippen LogP contribution in [0.5, 0.6) is 0 Å². The Morgan fingerprint density at radius 2 is 2.20 bits per heavy atom. The number of anilines is 1. The van der Waals surface area contributed by atoms with Crippen molar-refractivity contribution >= 4 is 11.5 Å². The highest BCUT2D eigenvalue weighted by molar-refractivity contribution is 5.45. The average Bonchev–Trinajstić information content (AvgIpc) is 3.04. The summed E-state index contributed by atoms with van der Waals surface area (Å²) >= 11 is 0. The molecule has 0 bridgehead atoms. The number of halogens is 2. The molecule has 0 saturated heterocycles. The highest BCUT2D eigenvalue weighted by atomic mass is 19.3. The molecule has 20 heavy (non-hydrogen) atoms. The lowest BCUT2D eigenvalue weighted by Crippen LogP contribution is -2.18. The summed E-state index contributed by atoms with van der Waals surface area (Å²) in [4.78, 5) is 0. The highest BCUT2D eigenvalue weighted by Crippen LogP contribution is 2.21. The van der Waals surface area contributed by atoms with Crippen LogP contribution in [0.2, 0.25) is 0 Å². The first-order chi connectivity index (χ1) is 9.67. The van der Waals surface area contributed by atoms with E-state index in [9.17, 15) is 8.78 Å². The van der Waals surface area contributed by atoms with Crippen LogP contribution in [0.15, 0.2) is 24.3 Å². The smallest absolute Gasteiger partial charge is 0.299 e. The Balaban J connectivity index is 1.82. The minimum atomic E-state index is -2.72. The normalized spacial score (nSPS) is 22.0. The van der Waals surface area contributed by atoms with E-state index in [1.54, 1.807) is 12.1 Å². The first-order valence-corrected chi connectivity index (χ1v) is 6.23. The lowest BCUT2D eigenvalue weighted by molar-refractivity contribution is 0.137. The number of hydrogen-bond donors (Lipinski definition) is 2. The molecular formula is C12H13F2N5O. The van der Waals surface area contributed by atoms with Crippen LogP contribution >= 0.6 is 0 Å². The van der Waals surface area contributed by atoms with Crippen LogP contribution in [0.3, 0.4) is 0 Å². The molecule has 2 aromatic heterocycles. The second kappa shape index (κ2) is 5.12. The van der Waals surface area contributed by atoms with Gasteiger partial charge in [0.1, 0.15) is 5.82 Å². The third-order valence-corrected chi connectivity index (χ3v) is 3.22. The third-order valence-electron chi connectivity index (χ3n) is 3.22. The number of nitrogens with zero attached hydrogens (tertiary/aromatic N) is 4. The van der Waals surface area contributed by atoms with Gasteiger partial charge in [-0.05, 0) is 18.6 Å². The van der Waals surface area contributed by atoms with Gasteiger partial charge in [-0.25, -0.2) is 8.78 Å². The number of aromatic nitrogens is 4. The van der Waals surface area contributed by atoms with Gasteiger partial charge in [0.25, 0.3) is 6.43 Å². The van der Waals surface area contributed by atoms with Gasteiger partial charge in [-0.1, -0.05) is 12.2 Å². The lowest BCUT2D eigenvalue weighted by atomic mass is 10.1. The molecule has 0 unspecified atom stereocenters. The Hall–Kier alpha value is -2.09. The number of alkyl halides is 2. The fourth-order valence-electron chi connectivity index (χ4n) is 2.23. The standard InChI is InChI=1S/C12H13F2N5O/c13-11(14)12-17-16-10-4-3-9(18-19(10)12)15-8-2-1-7(5-8)6-20/h1-4,7-8,11,20H,5-6H2,(H,15,18)/t7-,8+/m0/s1. The van der Waals surface area contributed by atoms with Crippen LogP contribution in [0.25, 0.3) is 5.65 Å². The van der Waals surface area contributed by atoms with Gasteiger partial charge in [-0.3, -0.25) is 0 Å². The van der Waals surface area contributed by atoms with E-state index in [2.05, 4.69) is 20.6 Å². The first-order valence-electron chi connectivity index (χ1n) is 6.23.